The Hall–Kier alpha value is -4.00. The molecule has 0 spiro atoms. The van der Waals surface area contributed by atoms with E-state index >= 15 is 0 Å². The largest absolute Gasteiger partial charge is 0.395 e. The van der Waals surface area contributed by atoms with Crippen molar-refractivity contribution >= 4 is 0 Å². The van der Waals surface area contributed by atoms with Gasteiger partial charge in [0, 0.05) is 203 Å². The number of aliphatic hydroxyl groups is 2. The maximum Gasteiger partial charge on any atom is 0.0698 e. The zero-order chi connectivity index (χ0) is 86.9. The summed E-state index contributed by atoms with van der Waals surface area (Å²) in [5, 5.41) is 23.5. The molecule has 0 atom stereocenters. The van der Waals surface area contributed by atoms with Gasteiger partial charge in [0.1, 0.15) is 0 Å². The highest BCUT2D eigenvalue weighted by atomic mass is 16.5. The third-order valence-electron chi connectivity index (χ3n) is 24.3. The highest BCUT2D eigenvalue weighted by molar-refractivity contribution is 5.08. The van der Waals surface area contributed by atoms with Crippen molar-refractivity contribution in [1.29, 1.82) is 0 Å². The van der Waals surface area contributed by atoms with E-state index in [-0.39, 0.29) is 13.2 Å². The van der Waals surface area contributed by atoms with Crippen LogP contribution in [-0.4, -0.2) is 360 Å². The standard InChI is InChI=1S/C13H25N3.C11H20N2.C10H20N2O.C10H20N2.C10H19NO2.C9H17N.C8H16N2.C8H15N.2C7H12.C6H11N/c1-13-3-5-15(6-4-13)11-12-16-9-7-14(2)8-10-16;1-10-5-7-13(8-6-10)11(2)9-12(3)4;1-10-2-6-12(7-3-10)8-4-11-5-9-13;1-10-4-6-12(7-5-10)9-8-11(2)3;1-10-2-4-11(5-3-10)6-8-13-9-7-12;1-8-4-6-9(7-5-8)10(2)3;1-8-2-5-10(6-3-8)7-4-9;1-3-9-6-4-8(2)5-7-9;2*1-7-5-3-2-4-6-7;1-6-2-4-7-5-3-6/h1,3-12H2,2H3;1-2,5-9H2,3-4H3;11,13H,1-9H2;1,4-9H2,2-3H3;12H,1-9H2;9H,1,4-7H2,2-3H3;1-7,9H2;2-7H2,1H3;2*1-6H2;7H,1-5H2/i;;;;;;;1T;;;. The van der Waals surface area contributed by atoms with Gasteiger partial charge < -0.3 is 85.2 Å². The minimum atomic E-state index is 0.122. The maximum absolute atomic E-state index is 8.55. The minimum absolute atomic E-state index is 0.122. The lowest BCUT2D eigenvalue weighted by Gasteiger charge is -2.35. The molecule has 18 nitrogen and oxygen atoms in total. The summed E-state index contributed by atoms with van der Waals surface area (Å²) in [6, 6.07) is 0.811. The lowest BCUT2D eigenvalue weighted by atomic mass is 9.91. The number of nitrogens with zero attached hydrogens (tertiary/aromatic N) is 12. The lowest BCUT2D eigenvalue weighted by molar-refractivity contribution is 0.0720. The first-order chi connectivity index (χ1) is 56.7. The molecule has 9 heterocycles. The molecule has 3 saturated carbocycles. The fourth-order valence-electron chi connectivity index (χ4n) is 15.3. The second-order valence-corrected chi connectivity index (χ2v) is 35.7. The van der Waals surface area contributed by atoms with E-state index in [1.807, 2.05) is 0 Å². The van der Waals surface area contributed by atoms with Crippen molar-refractivity contribution in [2.24, 2.45) is 5.73 Å². The van der Waals surface area contributed by atoms with E-state index < -0.39 is 0 Å². The summed E-state index contributed by atoms with van der Waals surface area (Å²) < 4.78 is 12.2. The average molecular weight is 1640 g/mol. The van der Waals surface area contributed by atoms with E-state index in [1.165, 1.54) is 287 Å². The number of allylic oxidation sites excluding steroid dienone is 3. The van der Waals surface area contributed by atoms with Crippen LogP contribution in [0.3, 0.4) is 0 Å². The summed E-state index contributed by atoms with van der Waals surface area (Å²) >= 11 is 0. The molecule has 0 radical (unpaired) electrons. The van der Waals surface area contributed by atoms with Crippen LogP contribution in [0.4, 0.5) is 0 Å². The summed E-state index contributed by atoms with van der Waals surface area (Å²) in [6.07, 6.45) is 37.3. The number of nitrogens with one attached hydrogen (secondary N) is 2. The molecular formula is C99H187N15O3. The molecule has 0 aromatic carbocycles. The van der Waals surface area contributed by atoms with Crippen LogP contribution in [0.15, 0.2) is 146 Å². The Kier molecular flexibility index (Phi) is 64.5. The van der Waals surface area contributed by atoms with Gasteiger partial charge in [0.25, 0.3) is 0 Å². The summed E-state index contributed by atoms with van der Waals surface area (Å²) in [7, 11) is 15.0. The number of ether oxygens (including phenoxy) is 1. The van der Waals surface area contributed by atoms with Crippen LogP contribution in [0.1, 0.15) is 201 Å². The molecule has 18 heteroatoms. The molecule has 12 rings (SSSR count). The smallest absolute Gasteiger partial charge is 0.0698 e. The Morgan fingerprint density at radius 1 is 0.402 bits per heavy atom. The third-order valence-corrected chi connectivity index (χ3v) is 24.3. The van der Waals surface area contributed by atoms with Crippen molar-refractivity contribution in [2.75, 3.05) is 285 Å². The van der Waals surface area contributed by atoms with Crippen molar-refractivity contribution in [3.05, 3.63) is 146 Å². The molecule has 9 aliphatic heterocycles. The summed E-state index contributed by atoms with van der Waals surface area (Å²) in [5.74, 6) is 0. The van der Waals surface area contributed by atoms with E-state index in [4.69, 9.17) is 22.1 Å². The van der Waals surface area contributed by atoms with E-state index in [9.17, 15) is 0 Å². The van der Waals surface area contributed by atoms with Crippen molar-refractivity contribution < 1.29 is 16.3 Å². The average Bonchev–Trinajstić information content (AvgIpc) is 0.901. The molecule has 0 aromatic heterocycles. The van der Waals surface area contributed by atoms with Gasteiger partial charge in [-0.05, 0) is 249 Å². The number of nitrogens with two attached hydrogens (primary N) is 1. The van der Waals surface area contributed by atoms with Crippen molar-refractivity contribution in [3.63, 3.8) is 0 Å². The number of likely N-dealkylation sites (N-methyl/N-ethyl adjacent to an activating group) is 3. The SMILES string of the molecule is C=C1CCC(N(C)C)CC1.C=C1CCCCC1.C=C1CCCCC1.C=C1CCN(C(=C)CN(C)C)CC1.C=C1CCN(CCN(C)C)CC1.C=C1CCN(CCN)CC1.C=C1CCN(CCN2CCN(C)CC2)CC1.C=C1CCN(CCNCCO)CC1.C=C1CCN(CCOCCO)CC1.C=C1CCNCC1.[3H]CCN1CCC(=C)CC1. The molecule has 12 fully saturated rings. The Morgan fingerprint density at radius 2 is 0.752 bits per heavy atom. The normalized spacial score (nSPS) is 21.6. The van der Waals surface area contributed by atoms with Gasteiger partial charge in [0.15, 0.2) is 0 Å². The number of aliphatic hydroxyl groups excluding tert-OH is 2. The lowest BCUT2D eigenvalue weighted by Crippen LogP contribution is -2.47. The number of piperidine rings is 8. The monoisotopic (exact) mass is 1640 g/mol. The summed E-state index contributed by atoms with van der Waals surface area (Å²) in [4.78, 5) is 28.8. The van der Waals surface area contributed by atoms with Gasteiger partial charge in [0.2, 0.25) is 0 Å². The predicted molar refractivity (Wildman–Crippen MR) is 512 cm³/mol. The Balaban J connectivity index is 0.000000444. The molecule has 12 aliphatic rings. The third kappa shape index (κ3) is 61.0. The van der Waals surface area contributed by atoms with Crippen LogP contribution in [0.5, 0.6) is 0 Å². The molecule has 9 saturated heterocycles. The highest BCUT2D eigenvalue weighted by Crippen LogP contribution is 2.26. The van der Waals surface area contributed by atoms with Crippen LogP contribution in [0, 0.1) is 0 Å². The first-order valence-electron chi connectivity index (χ1n) is 47.1. The Labute approximate surface area is 724 Å². The van der Waals surface area contributed by atoms with Gasteiger partial charge in [-0.15, -0.1) is 0 Å². The van der Waals surface area contributed by atoms with Gasteiger partial charge in [0.05, 0.1) is 26.4 Å². The van der Waals surface area contributed by atoms with Gasteiger partial charge in [-0.2, -0.15) is 0 Å². The second kappa shape index (κ2) is 70.4. The van der Waals surface area contributed by atoms with Crippen molar-refractivity contribution in [3.8, 4) is 0 Å². The fourth-order valence-corrected chi connectivity index (χ4v) is 15.3. The molecule has 6 N–H and O–H groups in total. The molecule has 0 aromatic rings. The Morgan fingerprint density at radius 3 is 1.09 bits per heavy atom. The van der Waals surface area contributed by atoms with Crippen molar-refractivity contribution in [2.45, 2.75) is 206 Å². The van der Waals surface area contributed by atoms with Gasteiger partial charge in [-0.3, -0.25) is 4.90 Å². The summed E-state index contributed by atoms with van der Waals surface area (Å²) in [5.41, 5.74) is 22.2. The van der Waals surface area contributed by atoms with Gasteiger partial charge in [-0.25, -0.2) is 0 Å². The molecule has 676 valence electrons. The maximum atomic E-state index is 8.55. The van der Waals surface area contributed by atoms with Crippen LogP contribution in [-0.2, 0) is 4.74 Å². The first kappa shape index (κ1) is 107. The van der Waals surface area contributed by atoms with Crippen LogP contribution < -0.4 is 16.4 Å². The number of hydrogen-bond acceptors (Lipinski definition) is 18. The number of piperazine rings is 1. The topological polar surface area (TPSA) is 139 Å². The van der Waals surface area contributed by atoms with Crippen molar-refractivity contribution in [1.82, 2.24) is 69.4 Å². The quantitative estimate of drug-likeness (QED) is 0.0489. The predicted octanol–water partition coefficient (Wildman–Crippen LogP) is 14.9. The molecule has 0 unspecified atom stereocenters. The van der Waals surface area contributed by atoms with E-state index in [2.05, 4.69) is 198 Å². The molecule has 0 bridgehead atoms. The molecular weight excluding hydrogens is 1450 g/mol. The number of likely N-dealkylation sites (tertiary alicyclic amines) is 7. The zero-order valence-corrected chi connectivity index (χ0v) is 77.7. The fraction of sp³-hybridized carbons (Fsp3) is 0.758. The van der Waals surface area contributed by atoms with E-state index in [0.29, 0.717) is 20.1 Å². The van der Waals surface area contributed by atoms with Crippen LogP contribution in [0.25, 0.3) is 0 Å². The van der Waals surface area contributed by atoms with Gasteiger partial charge in [-0.1, -0.05) is 160 Å². The van der Waals surface area contributed by atoms with Crippen LogP contribution >= 0.6 is 0 Å². The minimum Gasteiger partial charge on any atom is -0.395 e. The molecule has 117 heavy (non-hydrogen) atoms. The Bertz CT molecular complexity index is 2520. The first-order valence-corrected chi connectivity index (χ1v) is 46.4. The molecule has 0 amide bonds. The number of rotatable bonds is 23. The van der Waals surface area contributed by atoms with Gasteiger partial charge >= 0.3 is 0 Å². The van der Waals surface area contributed by atoms with E-state index in [1.54, 1.807) is 0 Å². The van der Waals surface area contributed by atoms with E-state index in [0.717, 1.165) is 188 Å². The second-order valence-electron chi connectivity index (χ2n) is 35.7. The zero-order valence-electron chi connectivity index (χ0n) is 78.7. The number of hydrogen-bond donors (Lipinski definition) is 5. The summed E-state index contributed by atoms with van der Waals surface area (Å²) in [6.45, 7) is 85.6. The van der Waals surface area contributed by atoms with Crippen LogP contribution in [0.2, 0.25) is 0 Å². The molecule has 3 aliphatic carbocycles. The highest BCUT2D eigenvalue weighted by Gasteiger charge is 2.21.